The molecule has 1 atom stereocenters. The van der Waals surface area contributed by atoms with Crippen molar-refractivity contribution in [1.29, 1.82) is 0 Å². The Bertz CT molecular complexity index is 345. The predicted octanol–water partition coefficient (Wildman–Crippen LogP) is 5.84. The van der Waals surface area contributed by atoms with Gasteiger partial charge in [-0.25, -0.2) is 0 Å². The van der Waals surface area contributed by atoms with Crippen LogP contribution in [0.2, 0.25) is 0 Å². The third-order valence-corrected chi connectivity index (χ3v) is 5.03. The molecule has 0 bridgehead atoms. The molecule has 4 nitrogen and oxygen atoms in total. The molecule has 0 aliphatic heterocycles. The summed E-state index contributed by atoms with van der Waals surface area (Å²) in [6.45, 7) is 2.80. The van der Waals surface area contributed by atoms with Crippen molar-refractivity contribution in [3.8, 4) is 0 Å². The molecule has 3 N–H and O–H groups in total. The van der Waals surface area contributed by atoms with Crippen molar-refractivity contribution in [3.05, 3.63) is 12.2 Å². The van der Waals surface area contributed by atoms with Crippen LogP contribution in [0.15, 0.2) is 12.2 Å². The smallest absolute Gasteiger partial charge is 0.304 e. The lowest BCUT2D eigenvalue weighted by Gasteiger charge is -2.16. The van der Waals surface area contributed by atoms with Crippen molar-refractivity contribution in [1.82, 2.24) is 5.32 Å². The summed E-state index contributed by atoms with van der Waals surface area (Å²) in [5.41, 5.74) is 0. The summed E-state index contributed by atoms with van der Waals surface area (Å²) in [6, 6.07) is -0.00793. The third-order valence-electron chi connectivity index (χ3n) is 5.03. The lowest BCUT2D eigenvalue weighted by Crippen LogP contribution is -2.33. The largest absolute Gasteiger partial charge is 0.481 e. The maximum absolute atomic E-state index is 10.8. The number of aliphatic hydroxyl groups excluding tert-OH is 1. The maximum atomic E-state index is 10.8. The van der Waals surface area contributed by atoms with E-state index in [9.17, 15) is 4.79 Å². The van der Waals surface area contributed by atoms with Gasteiger partial charge < -0.3 is 15.5 Å². The molecule has 27 heavy (non-hydrogen) atoms. The molecular weight excluding hydrogens is 338 g/mol. The van der Waals surface area contributed by atoms with Gasteiger partial charge >= 0.3 is 5.97 Å². The zero-order valence-electron chi connectivity index (χ0n) is 17.8. The highest BCUT2D eigenvalue weighted by atomic mass is 16.4. The molecule has 0 saturated carbocycles. The number of hydrogen-bond donors (Lipinski definition) is 3. The minimum Gasteiger partial charge on any atom is -0.481 e. The molecule has 0 fully saturated rings. The normalized spacial score (nSPS) is 12.7. The van der Waals surface area contributed by atoms with Gasteiger partial charge in [-0.05, 0) is 32.1 Å². The van der Waals surface area contributed by atoms with Crippen LogP contribution >= 0.6 is 0 Å². The molecule has 0 aliphatic rings. The summed E-state index contributed by atoms with van der Waals surface area (Å²) in [4.78, 5) is 10.8. The number of carboxylic acid groups (broad SMARTS) is 1. The fourth-order valence-electron chi connectivity index (χ4n) is 3.39. The third kappa shape index (κ3) is 21.3. The second kappa shape index (κ2) is 21.4. The second-order valence-corrected chi connectivity index (χ2v) is 7.70. The first kappa shape index (κ1) is 26.1. The van der Waals surface area contributed by atoms with E-state index < -0.39 is 5.97 Å². The Kier molecular flexibility index (Phi) is 20.7. The number of aliphatic hydroxyl groups is 1. The Morgan fingerprint density at radius 3 is 1.89 bits per heavy atom. The fourth-order valence-corrected chi connectivity index (χ4v) is 3.39. The molecule has 0 rings (SSSR count). The van der Waals surface area contributed by atoms with Crippen molar-refractivity contribution < 1.29 is 15.0 Å². The Labute approximate surface area is 167 Å². The number of hydrogen-bond acceptors (Lipinski definition) is 3. The maximum Gasteiger partial charge on any atom is 0.304 e. The monoisotopic (exact) mass is 383 g/mol. The number of unbranched alkanes of at least 4 members (excludes halogenated alkanes) is 12. The van der Waals surface area contributed by atoms with Gasteiger partial charge in [0.05, 0.1) is 13.0 Å². The molecule has 4 heteroatoms. The minimum absolute atomic E-state index is 0.00793. The van der Waals surface area contributed by atoms with Crippen molar-refractivity contribution in [3.63, 3.8) is 0 Å². The number of allylic oxidation sites excluding steroid dienone is 2. The van der Waals surface area contributed by atoms with E-state index in [0.29, 0.717) is 6.54 Å². The average molecular weight is 384 g/mol. The van der Waals surface area contributed by atoms with E-state index in [1.54, 1.807) is 0 Å². The van der Waals surface area contributed by atoms with Crippen molar-refractivity contribution >= 4 is 5.97 Å². The van der Waals surface area contributed by atoms with Crippen molar-refractivity contribution in [2.24, 2.45) is 0 Å². The molecule has 0 amide bonds. The highest BCUT2D eigenvalue weighted by Crippen LogP contribution is 2.12. The van der Waals surface area contributed by atoms with Gasteiger partial charge in [0.15, 0.2) is 0 Å². The van der Waals surface area contributed by atoms with Crippen LogP contribution in [0.5, 0.6) is 0 Å². The summed E-state index contributed by atoms with van der Waals surface area (Å²) in [6.07, 6.45) is 23.8. The van der Waals surface area contributed by atoms with E-state index in [1.807, 2.05) is 0 Å². The van der Waals surface area contributed by atoms with E-state index in [1.165, 1.54) is 83.5 Å². The fraction of sp³-hybridized carbons (Fsp3) is 0.870. The SMILES string of the molecule is CCCCCCCCC=CCCCCCCCCC(CC(=O)O)NCCO. The molecule has 0 saturated heterocycles. The molecule has 0 aromatic rings. The number of carbonyl (C=O) groups is 1. The molecule has 0 radical (unpaired) electrons. The van der Waals surface area contributed by atoms with Crippen molar-refractivity contribution in [2.45, 2.75) is 116 Å². The number of aliphatic carboxylic acids is 1. The molecule has 0 heterocycles. The van der Waals surface area contributed by atoms with Crippen LogP contribution < -0.4 is 5.32 Å². The topological polar surface area (TPSA) is 69.6 Å². The zero-order valence-corrected chi connectivity index (χ0v) is 17.8. The average Bonchev–Trinajstić information content (AvgIpc) is 2.65. The van der Waals surface area contributed by atoms with Crippen LogP contribution in [0.1, 0.15) is 110 Å². The molecule has 0 aromatic carbocycles. The van der Waals surface area contributed by atoms with Gasteiger partial charge in [-0.2, -0.15) is 0 Å². The highest BCUT2D eigenvalue weighted by molar-refractivity contribution is 5.67. The van der Waals surface area contributed by atoms with E-state index >= 15 is 0 Å². The summed E-state index contributed by atoms with van der Waals surface area (Å²) >= 11 is 0. The lowest BCUT2D eigenvalue weighted by molar-refractivity contribution is -0.137. The summed E-state index contributed by atoms with van der Waals surface area (Å²) in [5, 5.41) is 20.9. The molecule has 0 aromatic heterocycles. The second-order valence-electron chi connectivity index (χ2n) is 7.70. The number of rotatable bonds is 21. The quantitative estimate of drug-likeness (QED) is 0.172. The van der Waals surface area contributed by atoms with Gasteiger partial charge in [0.25, 0.3) is 0 Å². The molecule has 160 valence electrons. The lowest BCUT2D eigenvalue weighted by atomic mass is 10.0. The standard InChI is InChI=1S/C23H45NO3/c1-2-3-4-5-6-7-8-9-10-11-12-13-14-15-16-17-18-22(21-23(26)27)24-19-20-25/h9-10,22,24-25H,2-8,11-21H2,1H3,(H,26,27). The van der Waals surface area contributed by atoms with E-state index in [0.717, 1.165) is 12.8 Å². The van der Waals surface area contributed by atoms with Crippen molar-refractivity contribution in [2.75, 3.05) is 13.2 Å². The number of carboxylic acids is 1. The Balaban J connectivity index is 3.38. The number of nitrogens with one attached hydrogen (secondary N) is 1. The Morgan fingerprint density at radius 2 is 1.37 bits per heavy atom. The summed E-state index contributed by atoms with van der Waals surface area (Å²) in [5.74, 6) is -0.769. The van der Waals surface area contributed by atoms with E-state index in [4.69, 9.17) is 10.2 Å². The Morgan fingerprint density at radius 1 is 0.852 bits per heavy atom. The van der Waals surface area contributed by atoms with Crippen LogP contribution in [0.25, 0.3) is 0 Å². The van der Waals surface area contributed by atoms with Gasteiger partial charge in [0.1, 0.15) is 0 Å². The Hall–Kier alpha value is -0.870. The zero-order chi connectivity index (χ0) is 20.0. The molecule has 0 aliphatic carbocycles. The first-order chi connectivity index (χ1) is 13.2. The van der Waals surface area contributed by atoms with Gasteiger partial charge in [-0.1, -0.05) is 83.3 Å². The van der Waals surface area contributed by atoms with E-state index in [2.05, 4.69) is 24.4 Å². The van der Waals surface area contributed by atoms with E-state index in [-0.39, 0.29) is 19.1 Å². The summed E-state index contributed by atoms with van der Waals surface area (Å²) in [7, 11) is 0. The van der Waals surface area contributed by atoms with Gasteiger partial charge in [-0.3, -0.25) is 4.79 Å². The summed E-state index contributed by atoms with van der Waals surface area (Å²) < 4.78 is 0. The molecule has 1 unspecified atom stereocenters. The van der Waals surface area contributed by atoms with Crippen LogP contribution in [0, 0.1) is 0 Å². The minimum atomic E-state index is -0.769. The van der Waals surface area contributed by atoms with Gasteiger partial charge in [0.2, 0.25) is 0 Å². The van der Waals surface area contributed by atoms with Gasteiger partial charge in [-0.15, -0.1) is 0 Å². The first-order valence-electron chi connectivity index (χ1n) is 11.4. The van der Waals surface area contributed by atoms with Crippen LogP contribution in [-0.4, -0.2) is 35.4 Å². The van der Waals surface area contributed by atoms with Crippen LogP contribution in [0.3, 0.4) is 0 Å². The van der Waals surface area contributed by atoms with Crippen LogP contribution in [-0.2, 0) is 4.79 Å². The molecule has 0 spiro atoms. The van der Waals surface area contributed by atoms with Gasteiger partial charge in [0, 0.05) is 12.6 Å². The first-order valence-corrected chi connectivity index (χ1v) is 11.4. The predicted molar refractivity (Wildman–Crippen MR) is 115 cm³/mol. The van der Waals surface area contributed by atoms with Crippen LogP contribution in [0.4, 0.5) is 0 Å². The highest BCUT2D eigenvalue weighted by Gasteiger charge is 2.11. The molecular formula is C23H45NO3.